The lowest BCUT2D eigenvalue weighted by atomic mass is 10.00. The standard InChI is InChI=1S/C47H29N5/c1-5-34(40-10-3-23-48-29-40)25-37(6-1)41-20-17-30-11-15-35(27-44(30)50-41)36-16-12-31-18-21-42(51-45(31)28-36)38-7-2-8-39(26-38)43-22-19-33-14-13-32-9-4-24-49-46(32)47(33)52-43/h1-29H. The summed E-state index contributed by atoms with van der Waals surface area (Å²) in [5.41, 5.74) is 14.0. The molecule has 0 N–H and O–H groups in total. The van der Waals surface area contributed by atoms with E-state index >= 15 is 0 Å². The van der Waals surface area contributed by atoms with E-state index in [9.17, 15) is 0 Å². The molecule has 0 amide bonds. The van der Waals surface area contributed by atoms with E-state index in [4.69, 9.17) is 15.0 Å². The van der Waals surface area contributed by atoms with E-state index in [0.717, 1.165) is 99.6 Å². The van der Waals surface area contributed by atoms with Gasteiger partial charge >= 0.3 is 0 Å². The van der Waals surface area contributed by atoms with Crippen LogP contribution in [-0.2, 0) is 0 Å². The normalized spacial score (nSPS) is 11.5. The largest absolute Gasteiger partial charge is 0.264 e. The van der Waals surface area contributed by atoms with E-state index in [2.05, 4.69) is 156 Å². The smallest absolute Gasteiger partial charge is 0.0972 e. The molecule has 0 fully saturated rings. The van der Waals surface area contributed by atoms with Crippen LogP contribution in [0, 0.1) is 0 Å². The monoisotopic (exact) mass is 663 g/mol. The van der Waals surface area contributed by atoms with Crippen LogP contribution in [0.1, 0.15) is 0 Å². The highest BCUT2D eigenvalue weighted by Crippen LogP contribution is 2.32. The van der Waals surface area contributed by atoms with Crippen LogP contribution in [0.25, 0.3) is 99.6 Å². The van der Waals surface area contributed by atoms with Gasteiger partial charge in [-0.15, -0.1) is 0 Å². The van der Waals surface area contributed by atoms with Gasteiger partial charge in [0.1, 0.15) is 0 Å². The van der Waals surface area contributed by atoms with Crippen molar-refractivity contribution in [3.63, 3.8) is 0 Å². The van der Waals surface area contributed by atoms with Crippen molar-refractivity contribution in [1.29, 1.82) is 0 Å². The molecule has 0 aliphatic carbocycles. The summed E-state index contributed by atoms with van der Waals surface area (Å²) in [7, 11) is 0. The first-order valence-electron chi connectivity index (χ1n) is 17.3. The van der Waals surface area contributed by atoms with Crippen LogP contribution in [0.5, 0.6) is 0 Å². The molecule has 10 rings (SSSR count). The Labute approximate surface area is 300 Å². The maximum Gasteiger partial charge on any atom is 0.0972 e. The fourth-order valence-corrected chi connectivity index (χ4v) is 7.03. The third-order valence-corrected chi connectivity index (χ3v) is 9.76. The van der Waals surface area contributed by atoms with Crippen LogP contribution in [0.4, 0.5) is 0 Å². The van der Waals surface area contributed by atoms with Crippen molar-refractivity contribution in [2.24, 2.45) is 0 Å². The van der Waals surface area contributed by atoms with Gasteiger partial charge in [-0.05, 0) is 71.3 Å². The Balaban J connectivity index is 0.983. The molecule has 0 spiro atoms. The van der Waals surface area contributed by atoms with Crippen molar-refractivity contribution in [1.82, 2.24) is 24.9 Å². The van der Waals surface area contributed by atoms with Crippen LogP contribution in [0.15, 0.2) is 176 Å². The molecule has 5 heteroatoms. The van der Waals surface area contributed by atoms with Crippen molar-refractivity contribution in [2.75, 3.05) is 0 Å². The zero-order chi connectivity index (χ0) is 34.4. The maximum atomic E-state index is 5.16. The Morgan fingerprint density at radius 2 is 0.788 bits per heavy atom. The quantitative estimate of drug-likeness (QED) is 0.171. The molecule has 0 aliphatic heterocycles. The van der Waals surface area contributed by atoms with Crippen LogP contribution in [-0.4, -0.2) is 24.9 Å². The van der Waals surface area contributed by atoms with Crippen LogP contribution in [0.2, 0.25) is 0 Å². The molecule has 0 radical (unpaired) electrons. The van der Waals surface area contributed by atoms with Crippen LogP contribution >= 0.6 is 0 Å². The highest BCUT2D eigenvalue weighted by molar-refractivity contribution is 6.03. The second kappa shape index (κ2) is 12.3. The van der Waals surface area contributed by atoms with Gasteiger partial charge in [0.25, 0.3) is 0 Å². The molecule has 5 nitrogen and oxygen atoms in total. The van der Waals surface area contributed by atoms with Gasteiger partial charge in [0, 0.05) is 62.4 Å². The molecule has 0 atom stereocenters. The van der Waals surface area contributed by atoms with Gasteiger partial charge in [-0.25, -0.2) is 15.0 Å². The molecule has 0 bridgehead atoms. The Morgan fingerprint density at radius 3 is 1.42 bits per heavy atom. The minimum atomic E-state index is 0.907. The van der Waals surface area contributed by atoms with Gasteiger partial charge in [0.2, 0.25) is 0 Å². The van der Waals surface area contributed by atoms with E-state index in [-0.39, 0.29) is 0 Å². The summed E-state index contributed by atoms with van der Waals surface area (Å²) >= 11 is 0. The first-order valence-corrected chi connectivity index (χ1v) is 17.3. The lowest BCUT2D eigenvalue weighted by Crippen LogP contribution is -1.90. The number of pyridine rings is 5. The van der Waals surface area contributed by atoms with Gasteiger partial charge in [-0.3, -0.25) is 9.97 Å². The molecule has 52 heavy (non-hydrogen) atoms. The fourth-order valence-electron chi connectivity index (χ4n) is 7.03. The molecule has 10 aromatic rings. The summed E-state index contributed by atoms with van der Waals surface area (Å²) in [5, 5.41) is 4.35. The van der Waals surface area contributed by atoms with Crippen molar-refractivity contribution in [3.05, 3.63) is 176 Å². The molecule has 5 heterocycles. The van der Waals surface area contributed by atoms with Gasteiger partial charge < -0.3 is 0 Å². The summed E-state index contributed by atoms with van der Waals surface area (Å²) in [6.45, 7) is 0. The molecule has 242 valence electrons. The number of hydrogen-bond donors (Lipinski definition) is 0. The molecule has 0 unspecified atom stereocenters. The van der Waals surface area contributed by atoms with Crippen molar-refractivity contribution < 1.29 is 0 Å². The lowest BCUT2D eigenvalue weighted by Gasteiger charge is -2.10. The Kier molecular flexibility index (Phi) is 7.07. The average molecular weight is 664 g/mol. The Hall–Kier alpha value is -7.11. The molecule has 0 aliphatic rings. The number of nitrogens with zero attached hydrogens (tertiary/aromatic N) is 5. The number of hydrogen-bond acceptors (Lipinski definition) is 5. The number of benzene rings is 5. The molecular formula is C47H29N5. The fraction of sp³-hybridized carbons (Fsp3) is 0. The van der Waals surface area contributed by atoms with Crippen molar-refractivity contribution in [2.45, 2.75) is 0 Å². The zero-order valence-corrected chi connectivity index (χ0v) is 28.0. The summed E-state index contributed by atoms with van der Waals surface area (Å²) < 4.78 is 0. The zero-order valence-electron chi connectivity index (χ0n) is 28.0. The summed E-state index contributed by atoms with van der Waals surface area (Å²) in [6.07, 6.45) is 5.51. The lowest BCUT2D eigenvalue weighted by molar-refractivity contribution is 1.33. The minimum absolute atomic E-state index is 0.907. The Bertz CT molecular complexity index is 2970. The predicted octanol–water partition coefficient (Wildman–Crippen LogP) is 11.6. The first-order chi connectivity index (χ1) is 25.7. The van der Waals surface area contributed by atoms with Crippen molar-refractivity contribution in [3.8, 4) is 56.0 Å². The topological polar surface area (TPSA) is 64.5 Å². The predicted molar refractivity (Wildman–Crippen MR) is 213 cm³/mol. The van der Waals surface area contributed by atoms with Crippen molar-refractivity contribution >= 4 is 43.6 Å². The third-order valence-electron chi connectivity index (χ3n) is 9.76. The van der Waals surface area contributed by atoms with E-state index in [1.807, 2.05) is 24.5 Å². The van der Waals surface area contributed by atoms with E-state index in [1.165, 1.54) is 0 Å². The van der Waals surface area contributed by atoms with Gasteiger partial charge in [-0.1, -0.05) is 103 Å². The Morgan fingerprint density at radius 1 is 0.308 bits per heavy atom. The third kappa shape index (κ3) is 5.42. The maximum absolute atomic E-state index is 5.16. The molecule has 5 aromatic carbocycles. The highest BCUT2D eigenvalue weighted by atomic mass is 14.8. The molecular weight excluding hydrogens is 635 g/mol. The number of rotatable bonds is 5. The first kappa shape index (κ1) is 29.8. The molecule has 5 aromatic heterocycles. The van der Waals surface area contributed by atoms with E-state index < -0.39 is 0 Å². The SMILES string of the molecule is c1cncc(-c2cccc(-c3ccc4ccc(-c5ccc6ccc(-c7cccc(-c8ccc9ccc%10cccnc%10c9n8)c7)nc6c5)cc4n3)c2)c1. The molecule has 0 saturated heterocycles. The summed E-state index contributed by atoms with van der Waals surface area (Å²) in [6, 6.07) is 54.9. The number of fused-ring (bicyclic) bond motifs is 5. The number of aromatic nitrogens is 5. The van der Waals surface area contributed by atoms with E-state index in [1.54, 1.807) is 6.20 Å². The summed E-state index contributed by atoms with van der Waals surface area (Å²) in [4.78, 5) is 24.3. The summed E-state index contributed by atoms with van der Waals surface area (Å²) in [5.74, 6) is 0. The van der Waals surface area contributed by atoms with Gasteiger partial charge in [0.05, 0.1) is 39.1 Å². The van der Waals surface area contributed by atoms with Crippen LogP contribution in [0.3, 0.4) is 0 Å². The second-order valence-corrected chi connectivity index (χ2v) is 13.0. The average Bonchev–Trinajstić information content (AvgIpc) is 3.23. The second-order valence-electron chi connectivity index (χ2n) is 13.0. The highest BCUT2D eigenvalue weighted by Gasteiger charge is 2.11. The van der Waals surface area contributed by atoms with Gasteiger partial charge in [-0.2, -0.15) is 0 Å². The van der Waals surface area contributed by atoms with Crippen LogP contribution < -0.4 is 0 Å². The minimum Gasteiger partial charge on any atom is -0.264 e. The van der Waals surface area contributed by atoms with Gasteiger partial charge in [0.15, 0.2) is 0 Å². The molecule has 0 saturated carbocycles. The van der Waals surface area contributed by atoms with E-state index in [0.29, 0.717) is 0 Å².